The van der Waals surface area contributed by atoms with Crippen molar-refractivity contribution in [2.45, 2.75) is 48.9 Å². The monoisotopic (exact) mass is 496 g/mol. The number of para-hydroxylation sites is 1. The summed E-state index contributed by atoms with van der Waals surface area (Å²) in [7, 11) is 0. The van der Waals surface area contributed by atoms with Gasteiger partial charge in [-0.3, -0.25) is 4.79 Å². The van der Waals surface area contributed by atoms with Gasteiger partial charge in [0.2, 0.25) is 5.91 Å². The summed E-state index contributed by atoms with van der Waals surface area (Å²) in [5, 5.41) is 11.4. The van der Waals surface area contributed by atoms with E-state index in [0.717, 1.165) is 47.0 Å². The minimum atomic E-state index is -0.0528. The van der Waals surface area contributed by atoms with Crippen LogP contribution in [-0.4, -0.2) is 46.6 Å². The van der Waals surface area contributed by atoms with Gasteiger partial charge in [-0.05, 0) is 36.1 Å². The van der Waals surface area contributed by atoms with E-state index >= 15 is 0 Å². The number of amides is 3. The molecule has 0 unspecified atom stereocenters. The van der Waals surface area contributed by atoms with Crippen LogP contribution >= 0.6 is 23.4 Å². The van der Waals surface area contributed by atoms with Gasteiger partial charge in [-0.1, -0.05) is 54.4 Å². The van der Waals surface area contributed by atoms with E-state index in [1.54, 1.807) is 0 Å². The Hall–Kier alpha value is -2.64. The minimum Gasteiger partial charge on any atom is -0.361 e. The Bertz CT molecular complexity index is 1180. The number of aromatic amines is 1. The lowest BCUT2D eigenvalue weighted by Crippen LogP contribution is -2.36. The third-order valence-corrected chi connectivity index (χ3v) is 8.71. The van der Waals surface area contributed by atoms with Crippen LogP contribution in [0, 0.1) is 0 Å². The Morgan fingerprint density at radius 3 is 2.79 bits per heavy atom. The summed E-state index contributed by atoms with van der Waals surface area (Å²) >= 11 is 8.47. The molecule has 2 aliphatic heterocycles. The highest BCUT2D eigenvalue weighted by molar-refractivity contribution is 8.00. The Labute approximate surface area is 208 Å². The molecule has 0 saturated carbocycles. The fourth-order valence-electron chi connectivity index (χ4n) is 5.11. The summed E-state index contributed by atoms with van der Waals surface area (Å²) < 4.78 is 0. The smallest absolute Gasteiger partial charge is 0.315 e. The molecular formula is C26H29ClN4O2S. The summed E-state index contributed by atoms with van der Waals surface area (Å²) in [6, 6.07) is 16.4. The number of nitrogens with one attached hydrogen (secondary N) is 4. The predicted octanol–water partition coefficient (Wildman–Crippen LogP) is 4.80. The van der Waals surface area contributed by atoms with Gasteiger partial charge in [0.15, 0.2) is 0 Å². The molecule has 0 bridgehead atoms. The number of rotatable bonds is 9. The molecule has 3 heterocycles. The first kappa shape index (κ1) is 23.1. The Morgan fingerprint density at radius 1 is 1.09 bits per heavy atom. The number of H-pyrrole nitrogens is 1. The molecule has 1 aromatic heterocycles. The number of urea groups is 1. The van der Waals surface area contributed by atoms with E-state index in [0.29, 0.717) is 23.2 Å². The van der Waals surface area contributed by atoms with Crippen molar-refractivity contribution in [2.75, 3.05) is 12.3 Å². The van der Waals surface area contributed by atoms with Gasteiger partial charge in [-0.15, -0.1) is 0 Å². The maximum atomic E-state index is 12.7. The standard InChI is InChI=1S/C26H29ClN4O2S/c27-20-9-3-1-7-16(20)18(19-13-28-21-10-4-2-8-17(19)21)14-29-24(32)12-6-5-11-23-25-22(15-34-23)30-26(33)31-25/h1-4,7-10,13,18,22-23,25,28H,5-6,11-12,14-15H2,(H,29,32)(H2,30,31,33)/t18-,22+,23+,25+/m1/s1. The highest BCUT2D eigenvalue weighted by Crippen LogP contribution is 2.35. The number of benzene rings is 2. The summed E-state index contributed by atoms with van der Waals surface area (Å²) in [6.45, 7) is 0.490. The SMILES string of the molecule is O=C(CCCC[C@@H]1SC[C@@H]2NC(=O)N[C@@H]21)NC[C@H](c1ccccc1Cl)c1c[nH]c2ccccc12. The predicted molar refractivity (Wildman–Crippen MR) is 139 cm³/mol. The molecule has 3 aromatic rings. The molecule has 34 heavy (non-hydrogen) atoms. The number of hydrogen-bond acceptors (Lipinski definition) is 3. The summed E-state index contributed by atoms with van der Waals surface area (Å²) in [5.74, 6) is 0.982. The fraction of sp³-hybridized carbons (Fsp3) is 0.385. The number of carbonyl (C=O) groups excluding carboxylic acids is 2. The number of hydrogen-bond donors (Lipinski definition) is 4. The van der Waals surface area contributed by atoms with Gasteiger partial charge in [0.1, 0.15) is 0 Å². The van der Waals surface area contributed by atoms with Gasteiger partial charge in [-0.25, -0.2) is 4.79 Å². The normalized spacial score (nSPS) is 22.3. The lowest BCUT2D eigenvalue weighted by atomic mass is 9.90. The molecule has 5 rings (SSSR count). The van der Waals surface area contributed by atoms with Gasteiger partial charge >= 0.3 is 6.03 Å². The average Bonchev–Trinajstić information content (AvgIpc) is 3.53. The number of halogens is 1. The maximum absolute atomic E-state index is 12.7. The number of thioether (sulfide) groups is 1. The second-order valence-electron chi connectivity index (χ2n) is 9.04. The van der Waals surface area contributed by atoms with E-state index in [2.05, 4.69) is 33.1 Å². The van der Waals surface area contributed by atoms with Crippen molar-refractivity contribution in [1.29, 1.82) is 0 Å². The Kier molecular flexibility index (Phi) is 7.02. The molecule has 2 aromatic carbocycles. The first-order valence-corrected chi connectivity index (χ1v) is 13.3. The summed E-state index contributed by atoms with van der Waals surface area (Å²) in [5.41, 5.74) is 3.21. The number of unbranched alkanes of at least 4 members (excludes halogenated alkanes) is 1. The van der Waals surface area contributed by atoms with Gasteiger partial charge in [0, 0.05) is 52.0 Å². The van der Waals surface area contributed by atoms with Crippen molar-refractivity contribution in [3.8, 4) is 0 Å². The lowest BCUT2D eigenvalue weighted by molar-refractivity contribution is -0.121. The third kappa shape index (κ3) is 4.91. The lowest BCUT2D eigenvalue weighted by Gasteiger charge is -2.20. The molecule has 3 amide bonds. The minimum absolute atomic E-state index is 0.0425. The van der Waals surface area contributed by atoms with Gasteiger partial charge in [-0.2, -0.15) is 11.8 Å². The highest BCUT2D eigenvalue weighted by Gasteiger charge is 2.42. The Balaban J connectivity index is 1.17. The van der Waals surface area contributed by atoms with Crippen molar-refractivity contribution in [2.24, 2.45) is 0 Å². The van der Waals surface area contributed by atoms with E-state index in [-0.39, 0.29) is 29.9 Å². The van der Waals surface area contributed by atoms with Crippen molar-refractivity contribution in [1.82, 2.24) is 20.9 Å². The first-order valence-electron chi connectivity index (χ1n) is 11.9. The molecule has 2 aliphatic rings. The molecule has 8 heteroatoms. The molecule has 2 saturated heterocycles. The van der Waals surface area contributed by atoms with Crippen LogP contribution in [0.3, 0.4) is 0 Å². The van der Waals surface area contributed by atoms with E-state index in [9.17, 15) is 9.59 Å². The molecule has 0 aliphatic carbocycles. The van der Waals surface area contributed by atoms with Crippen LogP contribution in [0.1, 0.15) is 42.7 Å². The molecule has 0 spiro atoms. The van der Waals surface area contributed by atoms with Gasteiger partial charge in [0.25, 0.3) is 0 Å². The zero-order valence-electron chi connectivity index (χ0n) is 18.9. The van der Waals surface area contributed by atoms with E-state index in [4.69, 9.17) is 11.6 Å². The third-order valence-electron chi connectivity index (χ3n) is 6.86. The zero-order valence-corrected chi connectivity index (χ0v) is 20.4. The number of carbonyl (C=O) groups is 2. The largest absolute Gasteiger partial charge is 0.361 e. The van der Waals surface area contributed by atoms with E-state index in [1.807, 2.05) is 54.4 Å². The van der Waals surface area contributed by atoms with E-state index in [1.165, 1.54) is 0 Å². The molecule has 2 fully saturated rings. The number of aromatic nitrogens is 1. The van der Waals surface area contributed by atoms with Crippen LogP contribution in [0.15, 0.2) is 54.7 Å². The van der Waals surface area contributed by atoms with Crippen molar-refractivity contribution in [3.63, 3.8) is 0 Å². The molecule has 4 atom stereocenters. The van der Waals surface area contributed by atoms with Crippen LogP contribution in [0.2, 0.25) is 5.02 Å². The molecule has 6 nitrogen and oxygen atoms in total. The van der Waals surface area contributed by atoms with Crippen molar-refractivity contribution >= 4 is 46.2 Å². The van der Waals surface area contributed by atoms with Gasteiger partial charge in [0.05, 0.1) is 12.1 Å². The molecule has 0 radical (unpaired) electrons. The maximum Gasteiger partial charge on any atom is 0.315 e. The van der Waals surface area contributed by atoms with Gasteiger partial charge < -0.3 is 20.9 Å². The second kappa shape index (κ2) is 10.3. The fourth-order valence-corrected chi connectivity index (χ4v) is 6.92. The quantitative estimate of drug-likeness (QED) is 0.253. The summed E-state index contributed by atoms with van der Waals surface area (Å²) in [4.78, 5) is 27.6. The zero-order chi connectivity index (χ0) is 23.5. The first-order chi connectivity index (χ1) is 16.6. The number of fused-ring (bicyclic) bond motifs is 2. The van der Waals surface area contributed by atoms with Crippen LogP contribution in [0.25, 0.3) is 10.9 Å². The van der Waals surface area contributed by atoms with Crippen LogP contribution in [-0.2, 0) is 4.79 Å². The van der Waals surface area contributed by atoms with Crippen LogP contribution < -0.4 is 16.0 Å². The van der Waals surface area contributed by atoms with Crippen molar-refractivity contribution in [3.05, 3.63) is 70.9 Å². The van der Waals surface area contributed by atoms with Crippen LogP contribution in [0.5, 0.6) is 0 Å². The van der Waals surface area contributed by atoms with Crippen LogP contribution in [0.4, 0.5) is 4.79 Å². The summed E-state index contributed by atoms with van der Waals surface area (Å²) in [6.07, 6.45) is 5.35. The molecular weight excluding hydrogens is 468 g/mol. The van der Waals surface area contributed by atoms with Crippen molar-refractivity contribution < 1.29 is 9.59 Å². The molecule has 178 valence electrons. The van der Waals surface area contributed by atoms with E-state index < -0.39 is 0 Å². The molecule has 4 N–H and O–H groups in total. The second-order valence-corrected chi connectivity index (χ2v) is 10.7. The highest BCUT2D eigenvalue weighted by atomic mass is 35.5. The average molecular weight is 497 g/mol. The Morgan fingerprint density at radius 2 is 1.91 bits per heavy atom. The topological polar surface area (TPSA) is 86.0 Å².